The lowest BCUT2D eigenvalue weighted by atomic mass is 10.3. The molecule has 0 aromatic carbocycles. The standard InChI is InChI=1S/C9H12N6OS/c1-5-3-6(2)15(9(16)11-5)4-7-13-14-8(12-10)17-7/h3H,4,10H2,1-2H3,(H,12,14). The molecule has 0 bridgehead atoms. The maximum absolute atomic E-state index is 11.7. The van der Waals surface area contributed by atoms with Gasteiger partial charge in [-0.3, -0.25) is 9.99 Å². The molecule has 0 saturated carbocycles. The highest BCUT2D eigenvalue weighted by molar-refractivity contribution is 7.15. The highest BCUT2D eigenvalue weighted by Crippen LogP contribution is 2.14. The smallest absolute Gasteiger partial charge is 0.298 e. The number of nitrogens with zero attached hydrogens (tertiary/aromatic N) is 4. The van der Waals surface area contributed by atoms with Crippen molar-refractivity contribution in [1.82, 2.24) is 19.7 Å². The minimum Gasteiger partial charge on any atom is -0.298 e. The minimum absolute atomic E-state index is 0.278. The van der Waals surface area contributed by atoms with Crippen molar-refractivity contribution in [2.45, 2.75) is 20.4 Å². The molecule has 0 aliphatic heterocycles. The van der Waals surface area contributed by atoms with E-state index in [2.05, 4.69) is 20.6 Å². The van der Waals surface area contributed by atoms with E-state index >= 15 is 0 Å². The second-order valence-electron chi connectivity index (χ2n) is 3.55. The molecule has 0 radical (unpaired) electrons. The maximum atomic E-state index is 11.7. The van der Waals surface area contributed by atoms with Crippen LogP contribution in [0.15, 0.2) is 10.9 Å². The Morgan fingerprint density at radius 2 is 2.24 bits per heavy atom. The third-order valence-corrected chi connectivity index (χ3v) is 3.07. The summed E-state index contributed by atoms with van der Waals surface area (Å²) >= 11 is 1.30. The summed E-state index contributed by atoms with van der Waals surface area (Å²) in [5.41, 5.74) is 3.70. The van der Waals surface area contributed by atoms with Gasteiger partial charge in [-0.2, -0.15) is 4.98 Å². The molecule has 2 aromatic rings. The first kappa shape index (κ1) is 11.7. The molecule has 0 aliphatic carbocycles. The summed E-state index contributed by atoms with van der Waals surface area (Å²) in [6.45, 7) is 4.01. The summed E-state index contributed by atoms with van der Waals surface area (Å²) in [5.74, 6) is 5.21. The van der Waals surface area contributed by atoms with Crippen LogP contribution in [-0.2, 0) is 6.54 Å². The Hall–Kier alpha value is -1.80. The number of aromatic nitrogens is 4. The second-order valence-corrected chi connectivity index (χ2v) is 4.61. The molecule has 2 heterocycles. The first-order valence-corrected chi connectivity index (χ1v) is 5.76. The molecule has 2 aromatic heterocycles. The van der Waals surface area contributed by atoms with Gasteiger partial charge in [0.05, 0.1) is 6.54 Å². The summed E-state index contributed by atoms with van der Waals surface area (Å²) in [7, 11) is 0. The fourth-order valence-corrected chi connectivity index (χ4v) is 2.12. The van der Waals surface area contributed by atoms with Gasteiger partial charge in [-0.15, -0.1) is 10.2 Å². The summed E-state index contributed by atoms with van der Waals surface area (Å²) in [6.07, 6.45) is 0. The van der Waals surface area contributed by atoms with Crippen LogP contribution in [0.4, 0.5) is 5.13 Å². The number of anilines is 1. The zero-order valence-corrected chi connectivity index (χ0v) is 10.3. The summed E-state index contributed by atoms with van der Waals surface area (Å²) in [5, 5.41) is 8.95. The van der Waals surface area contributed by atoms with Crippen LogP contribution in [-0.4, -0.2) is 19.7 Å². The molecule has 17 heavy (non-hydrogen) atoms. The van der Waals surface area contributed by atoms with Crippen molar-refractivity contribution >= 4 is 16.5 Å². The van der Waals surface area contributed by atoms with Crippen LogP contribution >= 0.6 is 11.3 Å². The Bertz CT molecular complexity index is 589. The number of hydrogen-bond donors (Lipinski definition) is 2. The Morgan fingerprint density at radius 3 is 2.82 bits per heavy atom. The summed E-state index contributed by atoms with van der Waals surface area (Å²) in [4.78, 5) is 15.6. The molecule has 0 unspecified atom stereocenters. The zero-order valence-electron chi connectivity index (χ0n) is 9.47. The van der Waals surface area contributed by atoms with Crippen molar-refractivity contribution in [3.63, 3.8) is 0 Å². The average molecular weight is 252 g/mol. The molecule has 0 aliphatic rings. The molecule has 3 N–H and O–H groups in total. The van der Waals surface area contributed by atoms with Gasteiger partial charge in [-0.25, -0.2) is 10.6 Å². The number of rotatable bonds is 3. The van der Waals surface area contributed by atoms with Crippen molar-refractivity contribution in [2.75, 3.05) is 5.43 Å². The predicted molar refractivity (Wildman–Crippen MR) is 64.8 cm³/mol. The summed E-state index contributed by atoms with van der Waals surface area (Å²) in [6, 6.07) is 1.85. The molecule has 0 saturated heterocycles. The Morgan fingerprint density at radius 1 is 1.47 bits per heavy atom. The fraction of sp³-hybridized carbons (Fsp3) is 0.333. The molecule has 0 spiro atoms. The minimum atomic E-state index is -0.278. The Balaban J connectivity index is 2.33. The van der Waals surface area contributed by atoms with Crippen molar-refractivity contribution in [1.29, 1.82) is 0 Å². The lowest BCUT2D eigenvalue weighted by Gasteiger charge is -2.06. The fourth-order valence-electron chi connectivity index (χ4n) is 1.48. The summed E-state index contributed by atoms with van der Waals surface area (Å²) < 4.78 is 1.55. The van der Waals surface area contributed by atoms with Gasteiger partial charge < -0.3 is 0 Å². The highest BCUT2D eigenvalue weighted by Gasteiger charge is 2.08. The molecular formula is C9H12N6OS. The van der Waals surface area contributed by atoms with Crippen molar-refractivity contribution in [3.8, 4) is 0 Å². The molecule has 90 valence electrons. The van der Waals surface area contributed by atoms with E-state index in [1.54, 1.807) is 11.5 Å². The third kappa shape index (κ3) is 2.48. The monoisotopic (exact) mass is 252 g/mol. The average Bonchev–Trinajstić information content (AvgIpc) is 2.71. The van der Waals surface area contributed by atoms with Crippen LogP contribution in [0.25, 0.3) is 0 Å². The van der Waals surface area contributed by atoms with E-state index in [0.29, 0.717) is 22.4 Å². The number of nitrogens with two attached hydrogens (primary N) is 1. The first-order chi connectivity index (χ1) is 8.10. The van der Waals surface area contributed by atoms with Gasteiger partial charge in [-0.05, 0) is 19.9 Å². The van der Waals surface area contributed by atoms with Crippen LogP contribution in [0, 0.1) is 13.8 Å². The molecule has 8 heteroatoms. The number of hydrogen-bond acceptors (Lipinski definition) is 7. The zero-order chi connectivity index (χ0) is 12.4. The maximum Gasteiger partial charge on any atom is 0.348 e. The van der Waals surface area contributed by atoms with E-state index in [0.717, 1.165) is 5.69 Å². The Labute approximate surface area is 101 Å². The van der Waals surface area contributed by atoms with E-state index in [1.807, 2.05) is 13.0 Å². The van der Waals surface area contributed by atoms with Crippen LogP contribution in [0.1, 0.15) is 16.4 Å². The van der Waals surface area contributed by atoms with Crippen LogP contribution in [0.3, 0.4) is 0 Å². The van der Waals surface area contributed by atoms with E-state index in [1.165, 1.54) is 11.3 Å². The van der Waals surface area contributed by atoms with Gasteiger partial charge in [0, 0.05) is 11.4 Å². The van der Waals surface area contributed by atoms with E-state index in [4.69, 9.17) is 5.84 Å². The van der Waals surface area contributed by atoms with E-state index < -0.39 is 0 Å². The number of aryl methyl sites for hydroxylation is 2. The lowest BCUT2D eigenvalue weighted by Crippen LogP contribution is -2.26. The first-order valence-electron chi connectivity index (χ1n) is 4.94. The SMILES string of the molecule is Cc1cc(C)n(Cc2nnc(NN)s2)c(=O)n1. The van der Waals surface area contributed by atoms with Gasteiger partial charge in [0.2, 0.25) is 5.13 Å². The number of hydrazine groups is 1. The predicted octanol–water partition coefficient (Wildman–Crippen LogP) is 0.0455. The third-order valence-electron chi connectivity index (χ3n) is 2.23. The molecular weight excluding hydrogens is 240 g/mol. The molecule has 0 atom stereocenters. The highest BCUT2D eigenvalue weighted by atomic mass is 32.1. The lowest BCUT2D eigenvalue weighted by molar-refractivity contribution is 0.685. The van der Waals surface area contributed by atoms with Crippen molar-refractivity contribution < 1.29 is 0 Å². The number of nitrogen functional groups attached to an aromatic ring is 1. The van der Waals surface area contributed by atoms with Gasteiger partial charge in [0.15, 0.2) is 0 Å². The molecule has 7 nitrogen and oxygen atoms in total. The quantitative estimate of drug-likeness (QED) is 0.591. The van der Waals surface area contributed by atoms with Crippen molar-refractivity contribution in [2.24, 2.45) is 5.84 Å². The Kier molecular flexibility index (Phi) is 3.16. The molecule has 0 fully saturated rings. The van der Waals surface area contributed by atoms with Gasteiger partial charge in [0.25, 0.3) is 0 Å². The van der Waals surface area contributed by atoms with Crippen LogP contribution in [0.2, 0.25) is 0 Å². The van der Waals surface area contributed by atoms with Crippen LogP contribution in [0.5, 0.6) is 0 Å². The molecule has 2 rings (SSSR count). The second kappa shape index (κ2) is 4.60. The van der Waals surface area contributed by atoms with Crippen LogP contribution < -0.4 is 17.0 Å². The van der Waals surface area contributed by atoms with Gasteiger partial charge in [0.1, 0.15) is 5.01 Å². The van der Waals surface area contributed by atoms with Gasteiger partial charge >= 0.3 is 5.69 Å². The topological polar surface area (TPSA) is 98.7 Å². The molecule has 0 amide bonds. The number of nitrogens with one attached hydrogen (secondary N) is 1. The van der Waals surface area contributed by atoms with Gasteiger partial charge in [-0.1, -0.05) is 11.3 Å². The van der Waals surface area contributed by atoms with Crippen molar-refractivity contribution in [3.05, 3.63) is 32.9 Å². The van der Waals surface area contributed by atoms with E-state index in [9.17, 15) is 4.79 Å². The normalized spacial score (nSPS) is 10.5. The largest absolute Gasteiger partial charge is 0.348 e. The van der Waals surface area contributed by atoms with E-state index in [-0.39, 0.29) is 5.69 Å².